The number of aliphatic hydroxyl groups is 1. The normalized spacial score (nSPS) is 13.4. The van der Waals surface area contributed by atoms with E-state index >= 15 is 0 Å². The van der Waals surface area contributed by atoms with Gasteiger partial charge in [0.1, 0.15) is 11.5 Å². The lowest BCUT2D eigenvalue weighted by molar-refractivity contribution is -0.168. The van der Waals surface area contributed by atoms with Gasteiger partial charge in [-0.2, -0.15) is 0 Å². The summed E-state index contributed by atoms with van der Waals surface area (Å²) in [7, 11) is 0. The molecule has 0 aliphatic rings. The second-order valence-electron chi connectivity index (χ2n) is 8.75. The van der Waals surface area contributed by atoms with Gasteiger partial charge < -0.3 is 9.84 Å². The molecule has 1 aromatic rings. The van der Waals surface area contributed by atoms with Gasteiger partial charge in [0, 0.05) is 5.57 Å². The van der Waals surface area contributed by atoms with Crippen molar-refractivity contribution in [3.63, 3.8) is 0 Å². The zero-order chi connectivity index (χ0) is 22.5. The van der Waals surface area contributed by atoms with E-state index in [1.807, 2.05) is 6.07 Å². The standard InChI is InChI=1S/C26H40O4/c1-5-6-7-8-9-10-11-12-13-17-20-30-24(28)25(3,4)26(29,22(2)21-27)23-18-15-14-16-19-23/h14-16,18-19,29H,5-13,17,20H2,1-4H3. The van der Waals surface area contributed by atoms with E-state index in [-0.39, 0.29) is 5.57 Å². The molecule has 0 amide bonds. The number of hydrogen-bond acceptors (Lipinski definition) is 4. The van der Waals surface area contributed by atoms with E-state index in [2.05, 4.69) is 6.92 Å². The molecule has 1 aromatic carbocycles. The molecular formula is C26H40O4. The first-order chi connectivity index (χ1) is 14.3. The Bertz CT molecular complexity index is 674. The van der Waals surface area contributed by atoms with Crippen LogP contribution in [0.15, 0.2) is 35.9 Å². The summed E-state index contributed by atoms with van der Waals surface area (Å²) in [5.74, 6) is 1.27. The SMILES string of the molecule is CCCCCCCCCCCCOC(=O)C(C)(C)C(O)(C(C)=C=O)c1ccccc1. The van der Waals surface area contributed by atoms with E-state index in [9.17, 15) is 14.7 Å². The summed E-state index contributed by atoms with van der Waals surface area (Å²) in [6.07, 6.45) is 12.1. The van der Waals surface area contributed by atoms with Gasteiger partial charge in [-0.05, 0) is 32.8 Å². The Hall–Kier alpha value is -1.90. The number of carbonyl (C=O) groups is 1. The van der Waals surface area contributed by atoms with Crippen LogP contribution in [0.5, 0.6) is 0 Å². The Kier molecular flexibility index (Phi) is 11.7. The van der Waals surface area contributed by atoms with Gasteiger partial charge in [-0.15, -0.1) is 0 Å². The van der Waals surface area contributed by atoms with E-state index in [0.29, 0.717) is 12.2 Å². The van der Waals surface area contributed by atoms with Gasteiger partial charge in [-0.3, -0.25) is 4.79 Å². The van der Waals surface area contributed by atoms with Crippen LogP contribution < -0.4 is 0 Å². The number of rotatable bonds is 15. The van der Waals surface area contributed by atoms with E-state index in [1.54, 1.807) is 44.1 Å². The van der Waals surface area contributed by atoms with Crippen molar-refractivity contribution < 1.29 is 19.4 Å². The molecule has 0 aliphatic carbocycles. The highest BCUT2D eigenvalue weighted by Gasteiger charge is 2.53. The van der Waals surface area contributed by atoms with Crippen molar-refractivity contribution in [3.05, 3.63) is 41.5 Å². The first-order valence-electron chi connectivity index (χ1n) is 11.5. The predicted octanol–water partition coefficient (Wildman–Crippen LogP) is 6.14. The maximum absolute atomic E-state index is 12.8. The minimum absolute atomic E-state index is 0.0644. The maximum atomic E-state index is 12.8. The molecule has 0 spiro atoms. The molecule has 1 rings (SSSR count). The lowest BCUT2D eigenvalue weighted by atomic mass is 9.67. The summed E-state index contributed by atoms with van der Waals surface area (Å²) in [5, 5.41) is 11.4. The van der Waals surface area contributed by atoms with E-state index in [1.165, 1.54) is 51.9 Å². The lowest BCUT2D eigenvalue weighted by Crippen LogP contribution is -2.49. The number of benzene rings is 1. The van der Waals surface area contributed by atoms with Crippen LogP contribution in [0.1, 0.15) is 97.5 Å². The third-order valence-corrected chi connectivity index (χ3v) is 6.03. The summed E-state index contributed by atoms with van der Waals surface area (Å²) in [6, 6.07) is 8.77. The summed E-state index contributed by atoms with van der Waals surface area (Å²) in [5.41, 5.74) is -2.56. The van der Waals surface area contributed by atoms with Gasteiger partial charge >= 0.3 is 5.97 Å². The topological polar surface area (TPSA) is 63.6 Å². The van der Waals surface area contributed by atoms with Crippen LogP contribution in [0.4, 0.5) is 0 Å². The monoisotopic (exact) mass is 416 g/mol. The minimum atomic E-state index is -1.77. The second kappa shape index (κ2) is 13.4. The summed E-state index contributed by atoms with van der Waals surface area (Å²) >= 11 is 0. The summed E-state index contributed by atoms with van der Waals surface area (Å²) < 4.78 is 5.50. The zero-order valence-electron chi connectivity index (χ0n) is 19.3. The van der Waals surface area contributed by atoms with Crippen LogP contribution in [-0.4, -0.2) is 23.6 Å². The number of hydrogen-bond donors (Lipinski definition) is 1. The molecular weight excluding hydrogens is 376 g/mol. The van der Waals surface area contributed by atoms with E-state index in [0.717, 1.165) is 19.3 Å². The first kappa shape index (κ1) is 26.1. The van der Waals surface area contributed by atoms with Crippen molar-refractivity contribution in [2.75, 3.05) is 6.61 Å². The molecule has 0 saturated carbocycles. The molecule has 168 valence electrons. The highest BCUT2D eigenvalue weighted by atomic mass is 16.5. The third-order valence-electron chi connectivity index (χ3n) is 6.03. The number of carbonyl (C=O) groups excluding carboxylic acids is 2. The largest absolute Gasteiger partial charge is 0.465 e. The van der Waals surface area contributed by atoms with Gasteiger partial charge in [-0.1, -0.05) is 95.0 Å². The van der Waals surface area contributed by atoms with Crippen molar-refractivity contribution in [1.29, 1.82) is 0 Å². The molecule has 30 heavy (non-hydrogen) atoms. The Balaban J connectivity index is 2.50. The number of unbranched alkanes of at least 4 members (excludes halogenated alkanes) is 9. The van der Waals surface area contributed by atoms with Gasteiger partial charge in [0.2, 0.25) is 0 Å². The molecule has 1 atom stereocenters. The third kappa shape index (κ3) is 7.11. The van der Waals surface area contributed by atoms with E-state index < -0.39 is 17.0 Å². The van der Waals surface area contributed by atoms with Crippen molar-refractivity contribution in [2.45, 2.75) is 97.5 Å². The molecule has 0 saturated heterocycles. The molecule has 4 heteroatoms. The Morgan fingerprint density at radius 1 is 0.933 bits per heavy atom. The van der Waals surface area contributed by atoms with Crippen LogP contribution in [0.3, 0.4) is 0 Å². The van der Waals surface area contributed by atoms with Crippen molar-refractivity contribution in [1.82, 2.24) is 0 Å². The molecule has 1 N–H and O–H groups in total. The number of esters is 1. The quantitative estimate of drug-likeness (QED) is 0.212. The summed E-state index contributed by atoms with van der Waals surface area (Å²) in [6.45, 7) is 7.28. The maximum Gasteiger partial charge on any atom is 0.315 e. The van der Waals surface area contributed by atoms with Crippen molar-refractivity contribution >= 4 is 11.9 Å². The number of ether oxygens (including phenoxy) is 1. The fourth-order valence-electron chi connectivity index (χ4n) is 3.88. The zero-order valence-corrected chi connectivity index (χ0v) is 19.3. The van der Waals surface area contributed by atoms with Crippen molar-refractivity contribution in [2.24, 2.45) is 5.41 Å². The highest BCUT2D eigenvalue weighted by Crippen LogP contribution is 2.45. The molecule has 0 bridgehead atoms. The average Bonchev–Trinajstić information content (AvgIpc) is 2.76. The molecule has 0 radical (unpaired) electrons. The Morgan fingerprint density at radius 2 is 1.43 bits per heavy atom. The van der Waals surface area contributed by atoms with Gasteiger partial charge in [-0.25, -0.2) is 4.79 Å². The Labute approximate surface area is 182 Å². The fourth-order valence-corrected chi connectivity index (χ4v) is 3.88. The van der Waals surface area contributed by atoms with Crippen LogP contribution in [0, 0.1) is 5.41 Å². The molecule has 4 nitrogen and oxygen atoms in total. The lowest BCUT2D eigenvalue weighted by Gasteiger charge is -2.40. The van der Waals surface area contributed by atoms with Gasteiger partial charge in [0.15, 0.2) is 0 Å². The molecule has 0 aliphatic heterocycles. The van der Waals surface area contributed by atoms with Gasteiger partial charge in [0.25, 0.3) is 0 Å². The molecule has 1 unspecified atom stereocenters. The smallest absolute Gasteiger partial charge is 0.315 e. The van der Waals surface area contributed by atoms with Crippen LogP contribution in [0.25, 0.3) is 0 Å². The van der Waals surface area contributed by atoms with Crippen LogP contribution >= 0.6 is 0 Å². The van der Waals surface area contributed by atoms with E-state index in [4.69, 9.17) is 4.74 Å². The van der Waals surface area contributed by atoms with Crippen LogP contribution in [0.2, 0.25) is 0 Å². The second-order valence-corrected chi connectivity index (χ2v) is 8.75. The molecule has 0 fully saturated rings. The fraction of sp³-hybridized carbons (Fsp3) is 0.654. The molecule has 0 aromatic heterocycles. The minimum Gasteiger partial charge on any atom is -0.465 e. The average molecular weight is 417 g/mol. The summed E-state index contributed by atoms with van der Waals surface area (Å²) in [4.78, 5) is 24.2. The molecule has 0 heterocycles. The first-order valence-corrected chi connectivity index (χ1v) is 11.5. The highest BCUT2D eigenvalue weighted by molar-refractivity contribution is 5.80. The predicted molar refractivity (Wildman–Crippen MR) is 122 cm³/mol. The van der Waals surface area contributed by atoms with Crippen molar-refractivity contribution in [3.8, 4) is 0 Å². The van der Waals surface area contributed by atoms with Gasteiger partial charge in [0.05, 0.1) is 12.0 Å². The Morgan fingerprint density at radius 3 is 1.93 bits per heavy atom. The van der Waals surface area contributed by atoms with Crippen LogP contribution in [-0.2, 0) is 19.9 Å².